The van der Waals surface area contributed by atoms with Crippen molar-refractivity contribution in [3.8, 4) is 0 Å². The molecule has 0 spiro atoms. The van der Waals surface area contributed by atoms with Crippen LogP contribution in [0.15, 0.2) is 4.99 Å². The molecule has 24 heavy (non-hydrogen) atoms. The maximum absolute atomic E-state index is 12.5. The van der Waals surface area contributed by atoms with Gasteiger partial charge in [0, 0.05) is 0 Å². The molecule has 0 radical (unpaired) electrons. The molecule has 1 aromatic carbocycles. The monoisotopic (exact) mass is 392 g/mol. The first-order valence-electron chi connectivity index (χ1n) is 8.56. The van der Waals surface area contributed by atoms with Crippen molar-refractivity contribution in [2.24, 2.45) is 4.99 Å². The Morgan fingerprint density at radius 2 is 1.50 bits per heavy atom. The summed E-state index contributed by atoms with van der Waals surface area (Å²) in [6.07, 6.45) is 0. The summed E-state index contributed by atoms with van der Waals surface area (Å²) >= 11 is 0.0846. The van der Waals surface area contributed by atoms with E-state index in [2.05, 4.69) is 67.6 Å². The van der Waals surface area contributed by atoms with Gasteiger partial charge in [-0.05, 0) is 0 Å². The van der Waals surface area contributed by atoms with Crippen LogP contribution >= 0.6 is 0 Å². The van der Waals surface area contributed by atoms with Gasteiger partial charge in [0.1, 0.15) is 0 Å². The number of carbonyl (C=O) groups is 1. The first kappa shape index (κ1) is 17.7. The summed E-state index contributed by atoms with van der Waals surface area (Å²) in [6, 6.07) is 0. The third kappa shape index (κ3) is 2.23. The molecule has 0 aliphatic carbocycles. The van der Waals surface area contributed by atoms with Crippen LogP contribution in [0.25, 0.3) is 0 Å². The molecule has 1 N–H and O–H groups in total. The van der Waals surface area contributed by atoms with Gasteiger partial charge in [0.25, 0.3) is 0 Å². The van der Waals surface area contributed by atoms with Crippen molar-refractivity contribution in [3.63, 3.8) is 0 Å². The van der Waals surface area contributed by atoms with Crippen molar-refractivity contribution in [2.45, 2.75) is 77.6 Å². The summed E-state index contributed by atoms with van der Waals surface area (Å²) in [7, 11) is 0. The van der Waals surface area contributed by atoms with Crippen LogP contribution in [0.3, 0.4) is 0 Å². The Hall–Kier alpha value is -1.12. The molecule has 1 aromatic rings. The van der Waals surface area contributed by atoms with Crippen molar-refractivity contribution in [2.75, 3.05) is 5.32 Å². The van der Waals surface area contributed by atoms with Gasteiger partial charge in [-0.2, -0.15) is 0 Å². The van der Waals surface area contributed by atoms with Crippen molar-refractivity contribution in [3.05, 3.63) is 22.3 Å². The molecule has 3 rings (SSSR count). The second-order valence-electron chi connectivity index (χ2n) is 8.65. The van der Waals surface area contributed by atoms with Crippen LogP contribution < -0.4 is 9.78 Å². The molecule has 0 aromatic heterocycles. The minimum atomic E-state index is -0.327. The number of fused-ring (bicyclic) bond motifs is 3. The second kappa shape index (κ2) is 4.95. The van der Waals surface area contributed by atoms with Crippen LogP contribution in [0.2, 0.25) is 4.31 Å². The van der Waals surface area contributed by atoms with E-state index in [0.717, 1.165) is 5.69 Å². The molecule has 0 saturated carbocycles. The van der Waals surface area contributed by atoms with Crippen LogP contribution in [0.1, 0.15) is 70.7 Å². The Kier molecular flexibility index (Phi) is 3.65. The molecular weight excluding hydrogens is 363 g/mol. The molecule has 0 saturated heterocycles. The minimum absolute atomic E-state index is 0.0730. The number of aliphatic imine (C=N–C) groups is 1. The summed E-state index contributed by atoms with van der Waals surface area (Å²) in [6.45, 7) is 19.6. The number of carbonyl (C=O) groups excluding carboxylic acids is 1. The number of nitrogens with one attached hydrogen (secondary N) is 1. The van der Waals surface area contributed by atoms with E-state index in [9.17, 15) is 4.79 Å². The van der Waals surface area contributed by atoms with Crippen LogP contribution in [0.5, 0.6) is 0 Å². The quantitative estimate of drug-likeness (QED) is 0.672. The number of hydrogen-bond donors (Lipinski definition) is 1. The van der Waals surface area contributed by atoms with E-state index in [4.69, 9.17) is 4.99 Å². The fourth-order valence-corrected chi connectivity index (χ4v) is 6.92. The Balaban J connectivity index is 2.45. The second-order valence-corrected chi connectivity index (χ2v) is 12.1. The van der Waals surface area contributed by atoms with Crippen molar-refractivity contribution < 1.29 is 4.79 Å². The van der Waals surface area contributed by atoms with Gasteiger partial charge in [-0.3, -0.25) is 0 Å². The van der Waals surface area contributed by atoms with E-state index in [1.807, 2.05) is 0 Å². The third-order valence-corrected chi connectivity index (χ3v) is 8.49. The van der Waals surface area contributed by atoms with Crippen molar-refractivity contribution in [1.82, 2.24) is 0 Å². The van der Waals surface area contributed by atoms with Gasteiger partial charge in [0.2, 0.25) is 0 Å². The molecular formula is C20H28N2OSe. The molecule has 0 atom stereocenters. The molecule has 0 bridgehead atoms. The summed E-state index contributed by atoms with van der Waals surface area (Å²) in [5.74, 6) is 0.144. The van der Waals surface area contributed by atoms with Crippen LogP contribution in [0, 0.1) is 13.8 Å². The topological polar surface area (TPSA) is 41.5 Å². The molecule has 2 aliphatic heterocycles. The Bertz CT molecular complexity index is 801. The maximum atomic E-state index is 12.5. The van der Waals surface area contributed by atoms with Gasteiger partial charge in [0.05, 0.1) is 0 Å². The zero-order valence-corrected chi connectivity index (χ0v) is 18.0. The zero-order valence-electron chi connectivity index (χ0n) is 16.3. The van der Waals surface area contributed by atoms with E-state index in [1.165, 1.54) is 32.4 Å². The fraction of sp³-hybridized carbons (Fsp3) is 0.600. The van der Waals surface area contributed by atoms with Gasteiger partial charge >= 0.3 is 152 Å². The SMILES string of the molecule is CC1=NC(C)(C)c2c3c(c(C)c(C)c2C1(C)C)NC(=O)C(C)(C)[Se]3. The molecule has 0 fully saturated rings. The number of nitrogens with zero attached hydrogens (tertiary/aromatic N) is 1. The Labute approximate surface area is 151 Å². The van der Waals surface area contributed by atoms with Gasteiger partial charge in [-0.1, -0.05) is 0 Å². The zero-order chi connectivity index (χ0) is 18.2. The Morgan fingerprint density at radius 1 is 0.917 bits per heavy atom. The van der Waals surface area contributed by atoms with Gasteiger partial charge in [-0.15, -0.1) is 0 Å². The predicted octanol–water partition coefficient (Wildman–Crippen LogP) is 3.77. The average molecular weight is 391 g/mol. The molecule has 130 valence electrons. The molecule has 0 unspecified atom stereocenters. The normalized spacial score (nSPS) is 23.0. The standard InChI is InChI=1S/C20H28N2OSe/c1-10-11(2)15-16(24-20(8,9)17(23)21-15)14-13(10)18(4,5)12(3)22-19(14,6)7/h1-9H3,(H,21,23). The van der Waals surface area contributed by atoms with Crippen LogP contribution in [-0.2, 0) is 15.7 Å². The van der Waals surface area contributed by atoms with Crippen molar-refractivity contribution >= 4 is 36.7 Å². The van der Waals surface area contributed by atoms with Gasteiger partial charge in [0.15, 0.2) is 0 Å². The number of hydrogen-bond acceptors (Lipinski definition) is 2. The fourth-order valence-electron chi connectivity index (χ4n) is 3.95. The number of benzene rings is 1. The predicted molar refractivity (Wildman–Crippen MR) is 103 cm³/mol. The van der Waals surface area contributed by atoms with E-state index in [1.54, 1.807) is 0 Å². The molecule has 2 aliphatic rings. The summed E-state index contributed by atoms with van der Waals surface area (Å²) in [5.41, 5.74) is 7.20. The van der Waals surface area contributed by atoms with Crippen molar-refractivity contribution in [1.29, 1.82) is 0 Å². The molecule has 2 heterocycles. The Morgan fingerprint density at radius 3 is 2.08 bits per heavy atom. The van der Waals surface area contributed by atoms with Crippen LogP contribution in [-0.4, -0.2) is 26.6 Å². The van der Waals surface area contributed by atoms with E-state index >= 15 is 0 Å². The van der Waals surface area contributed by atoms with E-state index in [-0.39, 0.29) is 36.1 Å². The number of anilines is 1. The van der Waals surface area contributed by atoms with Crippen LogP contribution in [0.4, 0.5) is 5.69 Å². The van der Waals surface area contributed by atoms with E-state index in [0.29, 0.717) is 0 Å². The van der Waals surface area contributed by atoms with E-state index < -0.39 is 0 Å². The number of amides is 1. The first-order chi connectivity index (χ1) is 10.8. The number of rotatable bonds is 0. The third-order valence-electron chi connectivity index (χ3n) is 5.75. The summed E-state index contributed by atoms with van der Waals surface area (Å²) in [5, 5.41) is 3.21. The average Bonchev–Trinajstić information content (AvgIpc) is 2.42. The molecule has 3 nitrogen and oxygen atoms in total. The van der Waals surface area contributed by atoms with Gasteiger partial charge < -0.3 is 0 Å². The summed E-state index contributed by atoms with van der Waals surface area (Å²) < 4.78 is 1.02. The van der Waals surface area contributed by atoms with Gasteiger partial charge in [-0.25, -0.2) is 0 Å². The molecule has 4 heteroatoms. The first-order valence-corrected chi connectivity index (χ1v) is 10.3. The summed E-state index contributed by atoms with van der Waals surface area (Å²) in [4.78, 5) is 17.6. The molecule has 1 amide bonds.